The van der Waals surface area contributed by atoms with Crippen LogP contribution in [0.2, 0.25) is 0 Å². The van der Waals surface area contributed by atoms with Crippen molar-refractivity contribution in [3.8, 4) is 0 Å². The summed E-state index contributed by atoms with van der Waals surface area (Å²) in [5.41, 5.74) is 1.53. The molecule has 2 aromatic carbocycles. The van der Waals surface area contributed by atoms with Gasteiger partial charge in [0.15, 0.2) is 0 Å². The fourth-order valence-electron chi connectivity index (χ4n) is 1.95. The molecule has 1 amide bonds. The van der Waals surface area contributed by atoms with E-state index in [2.05, 4.69) is 26.6 Å². The minimum atomic E-state index is -0.373. The number of anilines is 1. The molecule has 2 aromatic rings. The molecule has 2 rings (SSSR count). The van der Waals surface area contributed by atoms with Gasteiger partial charge in [-0.15, -0.1) is 0 Å². The Morgan fingerprint density at radius 2 is 2.00 bits per heavy atom. The fraction of sp³-hybridized carbons (Fsp3) is 0.188. The van der Waals surface area contributed by atoms with E-state index in [0.717, 1.165) is 10.0 Å². The van der Waals surface area contributed by atoms with Crippen molar-refractivity contribution in [1.29, 1.82) is 0 Å². The number of benzene rings is 2. The van der Waals surface area contributed by atoms with Gasteiger partial charge in [0.2, 0.25) is 5.91 Å². The maximum absolute atomic E-state index is 13.0. The molecule has 0 heterocycles. The van der Waals surface area contributed by atoms with E-state index in [9.17, 15) is 9.18 Å². The van der Waals surface area contributed by atoms with E-state index in [1.807, 2.05) is 31.2 Å². The Morgan fingerprint density at radius 3 is 2.71 bits per heavy atom. The molecule has 0 unspecified atom stereocenters. The molecule has 0 aliphatic heterocycles. The number of nitrogens with one attached hydrogen (secondary N) is 2. The second-order valence-corrected chi connectivity index (χ2v) is 5.54. The molecule has 3 nitrogen and oxygen atoms in total. The minimum Gasteiger partial charge on any atom is -0.325 e. The first-order chi connectivity index (χ1) is 10.1. The zero-order valence-electron chi connectivity index (χ0n) is 11.6. The molecule has 1 atom stereocenters. The number of carbonyl (C=O) groups is 1. The summed E-state index contributed by atoms with van der Waals surface area (Å²) in [5, 5.41) is 5.79. The van der Waals surface area contributed by atoms with Crippen molar-refractivity contribution in [1.82, 2.24) is 5.32 Å². The van der Waals surface area contributed by atoms with Crippen LogP contribution in [-0.4, -0.2) is 12.5 Å². The highest BCUT2D eigenvalue weighted by molar-refractivity contribution is 9.10. The van der Waals surface area contributed by atoms with Gasteiger partial charge < -0.3 is 10.6 Å². The van der Waals surface area contributed by atoms with Crippen molar-refractivity contribution in [2.75, 3.05) is 11.9 Å². The van der Waals surface area contributed by atoms with Gasteiger partial charge in [-0.1, -0.05) is 40.2 Å². The van der Waals surface area contributed by atoms with Crippen molar-refractivity contribution in [3.63, 3.8) is 0 Å². The molecule has 110 valence electrons. The van der Waals surface area contributed by atoms with Crippen LogP contribution in [0.15, 0.2) is 53.0 Å². The topological polar surface area (TPSA) is 41.1 Å². The predicted octanol–water partition coefficient (Wildman–Crippen LogP) is 3.88. The van der Waals surface area contributed by atoms with Crippen molar-refractivity contribution >= 4 is 27.5 Å². The van der Waals surface area contributed by atoms with Crippen LogP contribution in [-0.2, 0) is 4.79 Å². The largest absolute Gasteiger partial charge is 0.325 e. The number of amides is 1. The third-order valence-electron chi connectivity index (χ3n) is 3.05. The second kappa shape index (κ2) is 7.33. The van der Waals surface area contributed by atoms with Gasteiger partial charge in [0, 0.05) is 16.2 Å². The van der Waals surface area contributed by atoms with Gasteiger partial charge >= 0.3 is 0 Å². The van der Waals surface area contributed by atoms with Crippen LogP contribution in [0.4, 0.5) is 10.1 Å². The van der Waals surface area contributed by atoms with E-state index < -0.39 is 0 Å². The van der Waals surface area contributed by atoms with Gasteiger partial charge in [-0.05, 0) is 36.8 Å². The first-order valence-electron chi connectivity index (χ1n) is 6.59. The van der Waals surface area contributed by atoms with E-state index in [1.165, 1.54) is 12.1 Å². The van der Waals surface area contributed by atoms with Crippen molar-refractivity contribution in [2.45, 2.75) is 13.0 Å². The smallest absolute Gasteiger partial charge is 0.238 e. The molecule has 5 heteroatoms. The normalized spacial score (nSPS) is 12.0. The molecular formula is C16H16BrFN2O. The summed E-state index contributed by atoms with van der Waals surface area (Å²) in [7, 11) is 0. The lowest BCUT2D eigenvalue weighted by Crippen LogP contribution is -2.30. The van der Waals surface area contributed by atoms with Crippen molar-refractivity contribution in [3.05, 3.63) is 64.4 Å². The van der Waals surface area contributed by atoms with Crippen LogP contribution in [0.25, 0.3) is 0 Å². The Labute approximate surface area is 131 Å². The van der Waals surface area contributed by atoms with E-state index in [1.54, 1.807) is 12.1 Å². The average Bonchev–Trinajstić information content (AvgIpc) is 2.45. The highest BCUT2D eigenvalue weighted by Crippen LogP contribution is 2.22. The Bertz CT molecular complexity index is 633. The zero-order valence-corrected chi connectivity index (χ0v) is 13.2. The molecule has 21 heavy (non-hydrogen) atoms. The Morgan fingerprint density at radius 1 is 1.24 bits per heavy atom. The number of hydrogen-bond acceptors (Lipinski definition) is 2. The van der Waals surface area contributed by atoms with Crippen LogP contribution in [0.1, 0.15) is 18.5 Å². The Balaban J connectivity index is 1.88. The van der Waals surface area contributed by atoms with Crippen LogP contribution >= 0.6 is 15.9 Å². The SMILES string of the molecule is C[C@@H](NCC(=O)Nc1cccc(F)c1)c1ccccc1Br. The molecule has 0 aliphatic rings. The van der Waals surface area contributed by atoms with Crippen LogP contribution in [0.3, 0.4) is 0 Å². The number of halogens is 2. The summed E-state index contributed by atoms with van der Waals surface area (Å²) in [6.45, 7) is 2.13. The summed E-state index contributed by atoms with van der Waals surface area (Å²) < 4.78 is 14.0. The Kier molecular flexibility index (Phi) is 5.47. The zero-order chi connectivity index (χ0) is 15.2. The molecule has 2 N–H and O–H groups in total. The molecule has 0 spiro atoms. The lowest BCUT2D eigenvalue weighted by Gasteiger charge is -2.15. The van der Waals surface area contributed by atoms with E-state index >= 15 is 0 Å². The van der Waals surface area contributed by atoms with Crippen LogP contribution in [0, 0.1) is 5.82 Å². The molecular weight excluding hydrogens is 335 g/mol. The molecule has 0 fully saturated rings. The number of hydrogen-bond donors (Lipinski definition) is 2. The van der Waals surface area contributed by atoms with E-state index in [-0.39, 0.29) is 24.3 Å². The molecule has 0 aromatic heterocycles. The first kappa shape index (κ1) is 15.7. The average molecular weight is 351 g/mol. The van der Waals surface area contributed by atoms with Crippen LogP contribution < -0.4 is 10.6 Å². The predicted molar refractivity (Wildman–Crippen MR) is 85.6 cm³/mol. The third kappa shape index (κ3) is 4.65. The summed E-state index contributed by atoms with van der Waals surface area (Å²) >= 11 is 3.48. The van der Waals surface area contributed by atoms with Crippen molar-refractivity contribution < 1.29 is 9.18 Å². The van der Waals surface area contributed by atoms with Crippen molar-refractivity contribution in [2.24, 2.45) is 0 Å². The van der Waals surface area contributed by atoms with Gasteiger partial charge in [0.1, 0.15) is 5.82 Å². The number of carbonyl (C=O) groups excluding carboxylic acids is 1. The van der Waals surface area contributed by atoms with Gasteiger partial charge in [-0.25, -0.2) is 4.39 Å². The molecule has 0 saturated carbocycles. The van der Waals surface area contributed by atoms with Crippen LogP contribution in [0.5, 0.6) is 0 Å². The quantitative estimate of drug-likeness (QED) is 0.859. The lowest BCUT2D eigenvalue weighted by molar-refractivity contribution is -0.115. The van der Waals surface area contributed by atoms with Gasteiger partial charge in [-0.2, -0.15) is 0 Å². The highest BCUT2D eigenvalue weighted by Gasteiger charge is 2.10. The maximum Gasteiger partial charge on any atom is 0.238 e. The summed E-state index contributed by atoms with van der Waals surface area (Å²) in [5.74, 6) is -0.582. The fourth-order valence-corrected chi connectivity index (χ4v) is 2.58. The molecule has 0 aliphatic carbocycles. The summed E-state index contributed by atoms with van der Waals surface area (Å²) in [6.07, 6.45) is 0. The van der Waals surface area contributed by atoms with Gasteiger partial charge in [0.25, 0.3) is 0 Å². The Hall–Kier alpha value is -1.72. The minimum absolute atomic E-state index is 0.0267. The first-order valence-corrected chi connectivity index (χ1v) is 7.39. The molecule has 0 bridgehead atoms. The third-order valence-corrected chi connectivity index (χ3v) is 3.77. The van der Waals surface area contributed by atoms with Gasteiger partial charge in [-0.3, -0.25) is 4.79 Å². The monoisotopic (exact) mass is 350 g/mol. The second-order valence-electron chi connectivity index (χ2n) is 4.68. The van der Waals surface area contributed by atoms with E-state index in [0.29, 0.717) is 5.69 Å². The highest BCUT2D eigenvalue weighted by atomic mass is 79.9. The summed E-state index contributed by atoms with van der Waals surface area (Å²) in [6, 6.07) is 13.7. The van der Waals surface area contributed by atoms with E-state index in [4.69, 9.17) is 0 Å². The maximum atomic E-state index is 13.0. The standard InChI is InChI=1S/C16H16BrFN2O/c1-11(14-7-2-3-8-15(14)17)19-10-16(21)20-13-6-4-5-12(18)9-13/h2-9,11,19H,10H2,1H3,(H,20,21)/t11-/m1/s1. The van der Waals surface area contributed by atoms with Gasteiger partial charge in [0.05, 0.1) is 6.54 Å². The lowest BCUT2D eigenvalue weighted by atomic mass is 10.1. The number of rotatable bonds is 5. The summed E-state index contributed by atoms with van der Waals surface area (Å²) in [4.78, 5) is 11.8. The molecule has 0 saturated heterocycles. The molecule has 0 radical (unpaired) electrons.